The molecule has 4 heteroatoms. The number of rotatable bonds is 5. The van der Waals surface area contributed by atoms with E-state index < -0.39 is 0 Å². The van der Waals surface area contributed by atoms with Gasteiger partial charge >= 0.3 is 0 Å². The van der Waals surface area contributed by atoms with Crippen LogP contribution in [0.4, 0.5) is 0 Å². The van der Waals surface area contributed by atoms with Crippen LogP contribution >= 0.6 is 0 Å². The third-order valence-corrected chi connectivity index (χ3v) is 4.21. The summed E-state index contributed by atoms with van der Waals surface area (Å²) in [5.41, 5.74) is 0.901. The van der Waals surface area contributed by atoms with Crippen molar-refractivity contribution in [3.05, 3.63) is 18.0 Å². The Labute approximate surface area is 115 Å². The van der Waals surface area contributed by atoms with Crippen LogP contribution in [0.2, 0.25) is 0 Å². The lowest BCUT2D eigenvalue weighted by molar-refractivity contribution is -0.132. The van der Waals surface area contributed by atoms with Crippen LogP contribution < -0.4 is 5.32 Å². The summed E-state index contributed by atoms with van der Waals surface area (Å²) in [6.45, 7) is 6.42. The number of H-pyrrole nitrogens is 1. The van der Waals surface area contributed by atoms with E-state index in [-0.39, 0.29) is 17.4 Å². The molecule has 1 unspecified atom stereocenters. The second kappa shape index (κ2) is 5.76. The first-order valence-electron chi connectivity index (χ1n) is 7.33. The van der Waals surface area contributed by atoms with E-state index >= 15 is 0 Å². The Balaban J connectivity index is 2.04. The Kier molecular flexibility index (Phi) is 4.27. The molecule has 106 valence electrons. The molecular formula is C15H25N3O. The number of nitrogens with zero attached hydrogens (tertiary/aromatic N) is 1. The van der Waals surface area contributed by atoms with Crippen molar-refractivity contribution in [3.8, 4) is 0 Å². The standard InChI is InChI=1S/C15H25N3O/c1-11(2)8-15(6-4-5-7-15)14(19)18-12(3)13-9-16-17-10-13/h9-12H,4-8H2,1-3H3,(H,16,17)(H,18,19). The zero-order valence-electron chi connectivity index (χ0n) is 12.2. The summed E-state index contributed by atoms with van der Waals surface area (Å²) in [7, 11) is 0. The van der Waals surface area contributed by atoms with E-state index in [4.69, 9.17) is 0 Å². The zero-order valence-corrected chi connectivity index (χ0v) is 12.2. The van der Waals surface area contributed by atoms with E-state index in [1.54, 1.807) is 6.20 Å². The molecule has 0 aliphatic heterocycles. The SMILES string of the molecule is CC(C)CC1(C(=O)NC(C)c2cn[nH]c2)CCCC1. The molecule has 1 atom stereocenters. The van der Waals surface area contributed by atoms with E-state index in [0.717, 1.165) is 24.8 Å². The third kappa shape index (κ3) is 3.17. The summed E-state index contributed by atoms with van der Waals surface area (Å²) in [6, 6.07) is 0.0240. The van der Waals surface area contributed by atoms with Crippen LogP contribution in [0, 0.1) is 11.3 Å². The molecule has 1 aromatic heterocycles. The van der Waals surface area contributed by atoms with Crippen LogP contribution in [0.15, 0.2) is 12.4 Å². The summed E-state index contributed by atoms with van der Waals surface area (Å²) in [4.78, 5) is 12.7. The second-order valence-corrected chi connectivity index (χ2v) is 6.31. The van der Waals surface area contributed by atoms with Crippen molar-refractivity contribution in [2.24, 2.45) is 11.3 Å². The number of hydrogen-bond acceptors (Lipinski definition) is 2. The van der Waals surface area contributed by atoms with Gasteiger partial charge in [-0.1, -0.05) is 26.7 Å². The molecule has 0 radical (unpaired) electrons. The van der Waals surface area contributed by atoms with Crippen LogP contribution in [0.1, 0.15) is 64.5 Å². The van der Waals surface area contributed by atoms with Gasteiger partial charge in [0.2, 0.25) is 5.91 Å². The van der Waals surface area contributed by atoms with Crippen molar-refractivity contribution in [3.63, 3.8) is 0 Å². The number of aromatic nitrogens is 2. The van der Waals surface area contributed by atoms with E-state index in [2.05, 4.69) is 29.4 Å². The van der Waals surface area contributed by atoms with Gasteiger partial charge in [0, 0.05) is 17.2 Å². The molecule has 1 saturated carbocycles. The fourth-order valence-electron chi connectivity index (χ4n) is 3.29. The highest BCUT2D eigenvalue weighted by molar-refractivity contribution is 5.83. The topological polar surface area (TPSA) is 57.8 Å². The normalized spacial score (nSPS) is 19.6. The minimum atomic E-state index is -0.133. The maximum absolute atomic E-state index is 12.7. The lowest BCUT2D eigenvalue weighted by Gasteiger charge is -2.31. The molecular weight excluding hydrogens is 238 g/mol. The molecule has 1 fully saturated rings. The molecule has 1 aliphatic rings. The Morgan fingerprint density at radius 1 is 1.42 bits per heavy atom. The third-order valence-electron chi connectivity index (χ3n) is 4.21. The summed E-state index contributed by atoms with van der Waals surface area (Å²) < 4.78 is 0. The molecule has 1 aliphatic carbocycles. The highest BCUT2D eigenvalue weighted by atomic mass is 16.2. The van der Waals surface area contributed by atoms with E-state index in [9.17, 15) is 4.79 Å². The Bertz CT molecular complexity index is 405. The molecule has 1 aromatic rings. The first-order chi connectivity index (χ1) is 9.03. The molecule has 2 rings (SSSR count). The molecule has 0 bridgehead atoms. The van der Waals surface area contributed by atoms with E-state index in [0.29, 0.717) is 5.92 Å². The number of carbonyl (C=O) groups is 1. The smallest absolute Gasteiger partial charge is 0.226 e. The second-order valence-electron chi connectivity index (χ2n) is 6.31. The van der Waals surface area contributed by atoms with Gasteiger partial charge in [-0.05, 0) is 32.1 Å². The van der Waals surface area contributed by atoms with Crippen LogP contribution in [0.3, 0.4) is 0 Å². The van der Waals surface area contributed by atoms with Gasteiger partial charge < -0.3 is 5.32 Å². The van der Waals surface area contributed by atoms with E-state index in [1.165, 1.54) is 12.8 Å². The predicted octanol–water partition coefficient (Wildman–Crippen LogP) is 3.19. The Morgan fingerprint density at radius 2 is 2.11 bits per heavy atom. The molecule has 1 heterocycles. The molecule has 0 aromatic carbocycles. The molecule has 0 spiro atoms. The van der Waals surface area contributed by atoms with Crippen molar-refractivity contribution in [1.82, 2.24) is 15.5 Å². The van der Waals surface area contributed by atoms with Crippen LogP contribution in [-0.2, 0) is 4.79 Å². The minimum absolute atomic E-state index is 0.0240. The molecule has 2 N–H and O–H groups in total. The number of aromatic amines is 1. The number of hydrogen-bond donors (Lipinski definition) is 2. The summed E-state index contributed by atoms with van der Waals surface area (Å²) >= 11 is 0. The summed E-state index contributed by atoms with van der Waals surface area (Å²) in [6.07, 6.45) is 9.05. The average molecular weight is 263 g/mol. The fourth-order valence-corrected chi connectivity index (χ4v) is 3.29. The van der Waals surface area contributed by atoms with Crippen LogP contribution in [0.5, 0.6) is 0 Å². The summed E-state index contributed by atoms with van der Waals surface area (Å²) in [5.74, 6) is 0.792. The van der Waals surface area contributed by atoms with Gasteiger partial charge in [0.25, 0.3) is 0 Å². The zero-order chi connectivity index (χ0) is 13.9. The predicted molar refractivity (Wildman–Crippen MR) is 75.5 cm³/mol. The fraction of sp³-hybridized carbons (Fsp3) is 0.733. The molecule has 1 amide bonds. The lowest BCUT2D eigenvalue weighted by atomic mass is 9.77. The largest absolute Gasteiger partial charge is 0.349 e. The van der Waals surface area contributed by atoms with Gasteiger partial charge in [-0.25, -0.2) is 0 Å². The minimum Gasteiger partial charge on any atom is -0.349 e. The maximum Gasteiger partial charge on any atom is 0.226 e. The van der Waals surface area contributed by atoms with Crippen molar-refractivity contribution < 1.29 is 4.79 Å². The van der Waals surface area contributed by atoms with Gasteiger partial charge in [-0.2, -0.15) is 5.10 Å². The monoisotopic (exact) mass is 263 g/mol. The van der Waals surface area contributed by atoms with Gasteiger partial charge in [0.05, 0.1) is 12.2 Å². The maximum atomic E-state index is 12.7. The van der Waals surface area contributed by atoms with Crippen LogP contribution in [-0.4, -0.2) is 16.1 Å². The Morgan fingerprint density at radius 3 is 2.63 bits per heavy atom. The lowest BCUT2D eigenvalue weighted by Crippen LogP contribution is -2.41. The van der Waals surface area contributed by atoms with Gasteiger partial charge in [-0.15, -0.1) is 0 Å². The number of nitrogens with one attached hydrogen (secondary N) is 2. The van der Waals surface area contributed by atoms with Crippen molar-refractivity contribution >= 4 is 5.91 Å². The highest BCUT2D eigenvalue weighted by Gasteiger charge is 2.41. The molecule has 4 nitrogen and oxygen atoms in total. The van der Waals surface area contributed by atoms with Gasteiger partial charge in [-0.3, -0.25) is 9.89 Å². The average Bonchev–Trinajstić information content (AvgIpc) is 2.98. The Hall–Kier alpha value is -1.32. The van der Waals surface area contributed by atoms with Crippen molar-refractivity contribution in [1.29, 1.82) is 0 Å². The van der Waals surface area contributed by atoms with Crippen molar-refractivity contribution in [2.45, 2.75) is 58.9 Å². The van der Waals surface area contributed by atoms with Gasteiger partial charge in [0.15, 0.2) is 0 Å². The first kappa shape index (κ1) is 14.1. The van der Waals surface area contributed by atoms with Crippen molar-refractivity contribution in [2.75, 3.05) is 0 Å². The first-order valence-corrected chi connectivity index (χ1v) is 7.33. The number of carbonyl (C=O) groups excluding carboxylic acids is 1. The number of amides is 1. The van der Waals surface area contributed by atoms with E-state index in [1.807, 2.05) is 13.1 Å². The quantitative estimate of drug-likeness (QED) is 0.857. The molecule has 19 heavy (non-hydrogen) atoms. The van der Waals surface area contributed by atoms with Crippen LogP contribution in [0.25, 0.3) is 0 Å². The summed E-state index contributed by atoms with van der Waals surface area (Å²) in [5, 5.41) is 9.90. The highest BCUT2D eigenvalue weighted by Crippen LogP contribution is 2.43. The molecule has 0 saturated heterocycles. The van der Waals surface area contributed by atoms with Gasteiger partial charge in [0.1, 0.15) is 0 Å².